The van der Waals surface area contributed by atoms with Crippen LogP contribution in [0.1, 0.15) is 15.9 Å². The Kier molecular flexibility index (Phi) is 4.84. The van der Waals surface area contributed by atoms with Gasteiger partial charge in [0.25, 0.3) is 0 Å². The van der Waals surface area contributed by atoms with Gasteiger partial charge in [-0.05, 0) is 47.0 Å². The maximum Gasteiger partial charge on any atom is 0.185 e. The summed E-state index contributed by atoms with van der Waals surface area (Å²) in [6.45, 7) is 0. The Morgan fingerprint density at radius 2 is 1.35 bits per heavy atom. The molecule has 3 aromatic carbocycles. The van der Waals surface area contributed by atoms with Gasteiger partial charge in [-0.1, -0.05) is 76.6 Å². The van der Waals surface area contributed by atoms with Crippen LogP contribution in [0.15, 0.2) is 89.4 Å². The molecular weight excluding hydrogens is 348 g/mol. The number of benzene rings is 3. The Morgan fingerprint density at radius 1 is 0.739 bits per heavy atom. The fourth-order valence-electron chi connectivity index (χ4n) is 2.30. The number of rotatable bonds is 4. The van der Waals surface area contributed by atoms with E-state index in [0.29, 0.717) is 5.56 Å². The minimum atomic E-state index is 0.00429. The van der Waals surface area contributed by atoms with Crippen molar-refractivity contribution in [1.29, 1.82) is 0 Å². The van der Waals surface area contributed by atoms with Crippen molar-refractivity contribution in [2.45, 2.75) is 0 Å². The van der Waals surface area contributed by atoms with E-state index in [-0.39, 0.29) is 5.78 Å². The average Bonchev–Trinajstić information content (AvgIpc) is 2.61. The Bertz CT molecular complexity index is 816. The molecule has 2 heteroatoms. The van der Waals surface area contributed by atoms with Crippen LogP contribution in [-0.4, -0.2) is 5.78 Å². The Morgan fingerprint density at radius 3 is 2.00 bits per heavy atom. The second-order valence-electron chi connectivity index (χ2n) is 5.19. The van der Waals surface area contributed by atoms with Crippen LogP contribution in [0.4, 0.5) is 0 Å². The highest BCUT2D eigenvalue weighted by Gasteiger charge is 2.01. The number of carbonyl (C=O) groups is 1. The van der Waals surface area contributed by atoms with Crippen molar-refractivity contribution in [3.05, 3.63) is 101 Å². The third kappa shape index (κ3) is 4.05. The van der Waals surface area contributed by atoms with Crippen molar-refractivity contribution >= 4 is 27.8 Å². The van der Waals surface area contributed by atoms with Gasteiger partial charge in [-0.3, -0.25) is 4.79 Å². The molecule has 0 spiro atoms. The summed E-state index contributed by atoms with van der Waals surface area (Å²) in [5, 5.41) is 0. The average molecular weight is 363 g/mol. The molecule has 0 heterocycles. The van der Waals surface area contributed by atoms with E-state index < -0.39 is 0 Å². The van der Waals surface area contributed by atoms with Crippen molar-refractivity contribution in [1.82, 2.24) is 0 Å². The molecule has 0 amide bonds. The summed E-state index contributed by atoms with van der Waals surface area (Å²) in [7, 11) is 0. The first kappa shape index (κ1) is 15.4. The van der Waals surface area contributed by atoms with Crippen molar-refractivity contribution in [3.8, 4) is 11.1 Å². The molecule has 0 saturated carbocycles. The summed E-state index contributed by atoms with van der Waals surface area (Å²) in [5.41, 5.74) is 4.05. The number of allylic oxidation sites excluding steroid dienone is 1. The van der Waals surface area contributed by atoms with Crippen LogP contribution in [-0.2, 0) is 0 Å². The predicted molar refractivity (Wildman–Crippen MR) is 99.4 cm³/mol. The van der Waals surface area contributed by atoms with Crippen molar-refractivity contribution in [3.63, 3.8) is 0 Å². The summed E-state index contributed by atoms with van der Waals surface area (Å²) in [4.78, 5) is 12.1. The van der Waals surface area contributed by atoms with E-state index in [1.807, 2.05) is 60.7 Å². The molecule has 1 nitrogen and oxygen atoms in total. The summed E-state index contributed by atoms with van der Waals surface area (Å²) in [6.07, 6.45) is 3.46. The topological polar surface area (TPSA) is 17.1 Å². The van der Waals surface area contributed by atoms with Gasteiger partial charge < -0.3 is 0 Å². The molecule has 0 fully saturated rings. The number of ketones is 1. The summed E-state index contributed by atoms with van der Waals surface area (Å²) >= 11 is 3.37. The molecule has 0 aliphatic carbocycles. The van der Waals surface area contributed by atoms with E-state index in [2.05, 4.69) is 40.2 Å². The lowest BCUT2D eigenvalue weighted by atomic mass is 10.0. The van der Waals surface area contributed by atoms with E-state index in [9.17, 15) is 4.79 Å². The van der Waals surface area contributed by atoms with Crippen molar-refractivity contribution in [2.75, 3.05) is 0 Å². The monoisotopic (exact) mass is 362 g/mol. The van der Waals surface area contributed by atoms with E-state index in [1.165, 1.54) is 11.1 Å². The molecule has 0 N–H and O–H groups in total. The second-order valence-corrected chi connectivity index (χ2v) is 6.11. The highest BCUT2D eigenvalue weighted by atomic mass is 79.9. The maximum absolute atomic E-state index is 12.1. The molecule has 23 heavy (non-hydrogen) atoms. The van der Waals surface area contributed by atoms with Gasteiger partial charge >= 0.3 is 0 Å². The zero-order valence-corrected chi connectivity index (χ0v) is 14.0. The number of hydrogen-bond acceptors (Lipinski definition) is 1. The third-order valence-corrected chi connectivity index (χ3v) is 4.10. The van der Waals surface area contributed by atoms with E-state index >= 15 is 0 Å². The second kappa shape index (κ2) is 7.21. The molecule has 0 unspecified atom stereocenters. The van der Waals surface area contributed by atoms with Crippen LogP contribution < -0.4 is 0 Å². The maximum atomic E-state index is 12.1. The fraction of sp³-hybridized carbons (Fsp3) is 0. The predicted octanol–water partition coefficient (Wildman–Crippen LogP) is 6.01. The van der Waals surface area contributed by atoms with Gasteiger partial charge in [-0.2, -0.15) is 0 Å². The summed E-state index contributed by atoms with van der Waals surface area (Å²) in [5.74, 6) is 0.00429. The molecule has 112 valence electrons. The zero-order valence-electron chi connectivity index (χ0n) is 12.4. The first-order chi connectivity index (χ1) is 11.2. The van der Waals surface area contributed by atoms with Gasteiger partial charge in [0.1, 0.15) is 0 Å². The lowest BCUT2D eigenvalue weighted by Crippen LogP contribution is -1.93. The van der Waals surface area contributed by atoms with E-state index in [1.54, 1.807) is 6.08 Å². The number of halogens is 1. The first-order valence-electron chi connectivity index (χ1n) is 7.36. The molecule has 0 saturated heterocycles. The SMILES string of the molecule is O=C(/C=C/c1ccc(-c2ccccc2)cc1)c1ccc(Br)cc1. The Labute approximate surface area is 144 Å². The lowest BCUT2D eigenvalue weighted by Gasteiger charge is -2.02. The molecule has 0 aliphatic heterocycles. The van der Waals surface area contributed by atoms with Crippen LogP contribution in [0.5, 0.6) is 0 Å². The third-order valence-electron chi connectivity index (χ3n) is 3.57. The van der Waals surface area contributed by atoms with Crippen LogP contribution in [0.25, 0.3) is 17.2 Å². The quantitative estimate of drug-likeness (QED) is 0.410. The van der Waals surface area contributed by atoms with Gasteiger partial charge in [0.05, 0.1) is 0 Å². The highest BCUT2D eigenvalue weighted by Crippen LogP contribution is 2.20. The van der Waals surface area contributed by atoms with Crippen LogP contribution in [0.2, 0.25) is 0 Å². The molecule has 0 radical (unpaired) electrons. The standard InChI is InChI=1S/C21H15BrO/c22-20-13-11-19(12-14-20)21(23)15-8-16-6-9-18(10-7-16)17-4-2-1-3-5-17/h1-15H/b15-8+. The van der Waals surface area contributed by atoms with Gasteiger partial charge in [0, 0.05) is 10.0 Å². The fourth-order valence-corrected chi connectivity index (χ4v) is 2.56. The molecule has 3 rings (SSSR count). The minimum absolute atomic E-state index is 0.00429. The number of carbonyl (C=O) groups excluding carboxylic acids is 1. The molecule has 0 bridgehead atoms. The smallest absolute Gasteiger partial charge is 0.185 e. The van der Waals surface area contributed by atoms with Gasteiger partial charge in [-0.15, -0.1) is 0 Å². The van der Waals surface area contributed by atoms with Gasteiger partial charge in [-0.25, -0.2) is 0 Å². The zero-order chi connectivity index (χ0) is 16.1. The highest BCUT2D eigenvalue weighted by molar-refractivity contribution is 9.10. The minimum Gasteiger partial charge on any atom is -0.289 e. The molecular formula is C21H15BrO. The van der Waals surface area contributed by atoms with Crippen molar-refractivity contribution < 1.29 is 4.79 Å². The largest absolute Gasteiger partial charge is 0.289 e. The lowest BCUT2D eigenvalue weighted by molar-refractivity contribution is 0.104. The molecule has 0 aliphatic rings. The van der Waals surface area contributed by atoms with E-state index in [0.717, 1.165) is 10.0 Å². The van der Waals surface area contributed by atoms with Gasteiger partial charge in [0.2, 0.25) is 0 Å². The Balaban J connectivity index is 1.73. The van der Waals surface area contributed by atoms with Crippen LogP contribution >= 0.6 is 15.9 Å². The summed E-state index contributed by atoms with van der Waals surface area (Å²) < 4.78 is 0.967. The Hall–Kier alpha value is -2.45. The molecule has 3 aromatic rings. The van der Waals surface area contributed by atoms with Crippen molar-refractivity contribution in [2.24, 2.45) is 0 Å². The number of hydrogen-bond donors (Lipinski definition) is 0. The normalized spacial score (nSPS) is 10.8. The van der Waals surface area contributed by atoms with Crippen LogP contribution in [0.3, 0.4) is 0 Å². The van der Waals surface area contributed by atoms with Crippen LogP contribution in [0, 0.1) is 0 Å². The summed E-state index contributed by atoms with van der Waals surface area (Å²) in [6, 6.07) is 25.8. The molecule has 0 aromatic heterocycles. The first-order valence-corrected chi connectivity index (χ1v) is 8.15. The van der Waals surface area contributed by atoms with Gasteiger partial charge in [0.15, 0.2) is 5.78 Å². The van der Waals surface area contributed by atoms with E-state index in [4.69, 9.17) is 0 Å². The molecule has 0 atom stereocenters.